The highest BCUT2D eigenvalue weighted by atomic mass is 35.5. The van der Waals surface area contributed by atoms with Crippen molar-refractivity contribution < 1.29 is 23.4 Å². The average Bonchev–Trinajstić information content (AvgIpc) is 2.79. The Balaban J connectivity index is 0.00000289. The van der Waals surface area contributed by atoms with Crippen molar-refractivity contribution in [1.29, 1.82) is 0 Å². The van der Waals surface area contributed by atoms with E-state index < -0.39 is 0 Å². The molecule has 1 fully saturated rings. The molecule has 0 amide bonds. The molecule has 0 spiro atoms. The largest absolute Gasteiger partial charge is 0.493 e. The van der Waals surface area contributed by atoms with Crippen molar-refractivity contribution >= 4 is 23.4 Å². The molecule has 0 radical (unpaired) electrons. The first-order chi connectivity index (χ1) is 15.1. The molecule has 172 valence electrons. The van der Waals surface area contributed by atoms with Crippen LogP contribution in [-0.2, 0) is 4.74 Å². The van der Waals surface area contributed by atoms with Crippen molar-refractivity contribution in [2.45, 2.75) is 6.92 Å². The molecule has 4 rings (SSSR count). The average molecular weight is 462 g/mol. The van der Waals surface area contributed by atoms with E-state index in [-0.39, 0.29) is 17.8 Å². The molecule has 1 aromatic heterocycles. The predicted molar refractivity (Wildman–Crippen MR) is 126 cm³/mol. The summed E-state index contributed by atoms with van der Waals surface area (Å²) in [5, 5.41) is 0.510. The summed E-state index contributed by atoms with van der Waals surface area (Å²) in [6.07, 6.45) is 0. The summed E-state index contributed by atoms with van der Waals surface area (Å²) in [6.45, 7) is 6.58. The van der Waals surface area contributed by atoms with Gasteiger partial charge in [0.25, 0.3) is 0 Å². The number of nitrogens with zero attached hydrogens (tertiary/aromatic N) is 1. The van der Waals surface area contributed by atoms with Gasteiger partial charge in [-0.25, -0.2) is 0 Å². The first-order valence-electron chi connectivity index (χ1n) is 10.3. The van der Waals surface area contributed by atoms with E-state index >= 15 is 0 Å². The van der Waals surface area contributed by atoms with Gasteiger partial charge in [-0.3, -0.25) is 9.69 Å². The first kappa shape index (κ1) is 23.9. The summed E-state index contributed by atoms with van der Waals surface area (Å²) in [5.74, 6) is 2.38. The highest BCUT2D eigenvalue weighted by molar-refractivity contribution is 5.85. The Morgan fingerprint density at radius 1 is 1.00 bits per heavy atom. The van der Waals surface area contributed by atoms with Crippen LogP contribution in [0.5, 0.6) is 17.2 Å². The van der Waals surface area contributed by atoms with Crippen molar-refractivity contribution in [3.8, 4) is 28.4 Å². The van der Waals surface area contributed by atoms with Crippen LogP contribution in [-0.4, -0.2) is 58.6 Å². The Bertz CT molecular complexity index is 1120. The molecule has 1 saturated heterocycles. The van der Waals surface area contributed by atoms with Gasteiger partial charge in [0.05, 0.1) is 38.4 Å². The third kappa shape index (κ3) is 5.01. The van der Waals surface area contributed by atoms with Crippen LogP contribution in [0.1, 0.15) is 5.76 Å². The number of aryl methyl sites for hydroxylation is 1. The molecule has 3 aromatic rings. The van der Waals surface area contributed by atoms with Crippen LogP contribution in [0.15, 0.2) is 45.6 Å². The summed E-state index contributed by atoms with van der Waals surface area (Å²) < 4.78 is 27.9. The van der Waals surface area contributed by atoms with Gasteiger partial charge in [0.15, 0.2) is 11.5 Å². The zero-order valence-corrected chi connectivity index (χ0v) is 19.3. The zero-order valence-electron chi connectivity index (χ0n) is 18.5. The lowest BCUT2D eigenvalue weighted by atomic mass is 10.0. The van der Waals surface area contributed by atoms with Gasteiger partial charge in [0, 0.05) is 25.7 Å². The maximum atomic E-state index is 13.2. The van der Waals surface area contributed by atoms with Crippen LogP contribution < -0.4 is 19.6 Å². The standard InChI is InChI=1S/C24H27NO6.ClH/c1-16-23(17-4-7-20(27-2)22(14-17)28-3)24(26)19-6-5-18(15-21(19)31-16)30-13-10-25-8-11-29-12-9-25;/h4-7,14-15H,8-13H2,1-3H3;1H. The summed E-state index contributed by atoms with van der Waals surface area (Å²) in [5.41, 5.74) is 1.65. The van der Waals surface area contributed by atoms with Gasteiger partial charge in [-0.05, 0) is 36.8 Å². The van der Waals surface area contributed by atoms with E-state index in [0.29, 0.717) is 46.1 Å². The van der Waals surface area contributed by atoms with Crippen LogP contribution in [0.3, 0.4) is 0 Å². The molecule has 1 aliphatic rings. The van der Waals surface area contributed by atoms with Gasteiger partial charge >= 0.3 is 0 Å². The van der Waals surface area contributed by atoms with E-state index in [1.54, 1.807) is 45.4 Å². The third-order valence-corrected chi connectivity index (χ3v) is 5.49. The molecular formula is C24H28ClNO6. The fraction of sp³-hybridized carbons (Fsp3) is 0.375. The second-order valence-corrected chi connectivity index (χ2v) is 7.39. The lowest BCUT2D eigenvalue weighted by molar-refractivity contribution is 0.0322. The van der Waals surface area contributed by atoms with E-state index in [1.807, 2.05) is 12.1 Å². The zero-order chi connectivity index (χ0) is 21.8. The number of halogens is 1. The second kappa shape index (κ2) is 10.7. The van der Waals surface area contributed by atoms with E-state index in [0.717, 1.165) is 38.4 Å². The number of ether oxygens (including phenoxy) is 4. The quantitative estimate of drug-likeness (QED) is 0.528. The van der Waals surface area contributed by atoms with Crippen LogP contribution in [0, 0.1) is 6.92 Å². The normalized spacial score (nSPS) is 14.1. The summed E-state index contributed by atoms with van der Waals surface area (Å²) >= 11 is 0. The Morgan fingerprint density at radius 3 is 2.47 bits per heavy atom. The molecule has 7 nitrogen and oxygen atoms in total. The third-order valence-electron chi connectivity index (χ3n) is 5.49. The van der Waals surface area contributed by atoms with Crippen molar-refractivity contribution in [1.82, 2.24) is 4.90 Å². The van der Waals surface area contributed by atoms with Crippen LogP contribution in [0.25, 0.3) is 22.1 Å². The Kier molecular flexibility index (Phi) is 8.01. The highest BCUT2D eigenvalue weighted by Crippen LogP contribution is 2.33. The molecule has 0 atom stereocenters. The Labute approximate surface area is 193 Å². The fourth-order valence-corrected chi connectivity index (χ4v) is 3.82. The summed E-state index contributed by atoms with van der Waals surface area (Å²) in [4.78, 5) is 15.6. The molecule has 2 heterocycles. The van der Waals surface area contributed by atoms with Crippen LogP contribution >= 0.6 is 12.4 Å². The second-order valence-electron chi connectivity index (χ2n) is 7.39. The van der Waals surface area contributed by atoms with Crippen molar-refractivity contribution in [2.24, 2.45) is 0 Å². The highest BCUT2D eigenvalue weighted by Gasteiger charge is 2.16. The van der Waals surface area contributed by atoms with E-state index in [4.69, 9.17) is 23.4 Å². The summed E-state index contributed by atoms with van der Waals surface area (Å²) in [6, 6.07) is 10.7. The number of rotatable bonds is 7. The first-order valence-corrected chi connectivity index (χ1v) is 10.3. The fourth-order valence-electron chi connectivity index (χ4n) is 3.82. The molecule has 0 aliphatic carbocycles. The van der Waals surface area contributed by atoms with Crippen molar-refractivity contribution in [3.05, 3.63) is 52.4 Å². The lowest BCUT2D eigenvalue weighted by Crippen LogP contribution is -2.38. The minimum absolute atomic E-state index is 0. The van der Waals surface area contributed by atoms with Gasteiger partial charge in [0.1, 0.15) is 23.7 Å². The predicted octanol–water partition coefficient (Wildman–Crippen LogP) is 3.92. The Morgan fingerprint density at radius 2 is 1.75 bits per heavy atom. The molecule has 0 N–H and O–H groups in total. The monoisotopic (exact) mass is 461 g/mol. The lowest BCUT2D eigenvalue weighted by Gasteiger charge is -2.26. The Hall–Kier alpha value is -2.74. The summed E-state index contributed by atoms with van der Waals surface area (Å²) in [7, 11) is 3.14. The van der Waals surface area contributed by atoms with E-state index in [9.17, 15) is 4.79 Å². The molecule has 0 saturated carbocycles. The smallest absolute Gasteiger partial charge is 0.200 e. The number of hydrogen-bond acceptors (Lipinski definition) is 7. The van der Waals surface area contributed by atoms with Crippen LogP contribution in [0.2, 0.25) is 0 Å². The van der Waals surface area contributed by atoms with Crippen molar-refractivity contribution in [3.63, 3.8) is 0 Å². The van der Waals surface area contributed by atoms with Crippen LogP contribution in [0.4, 0.5) is 0 Å². The number of hydrogen-bond donors (Lipinski definition) is 0. The molecule has 2 aromatic carbocycles. The molecule has 0 bridgehead atoms. The number of fused-ring (bicyclic) bond motifs is 1. The molecular weight excluding hydrogens is 434 g/mol. The van der Waals surface area contributed by atoms with Gasteiger partial charge in [-0.15, -0.1) is 12.4 Å². The van der Waals surface area contributed by atoms with Gasteiger partial charge < -0.3 is 23.4 Å². The number of methoxy groups -OCH3 is 2. The topological polar surface area (TPSA) is 70.4 Å². The molecule has 1 aliphatic heterocycles. The van der Waals surface area contributed by atoms with Gasteiger partial charge in [-0.2, -0.15) is 0 Å². The number of benzene rings is 2. The maximum absolute atomic E-state index is 13.2. The van der Waals surface area contributed by atoms with Crippen molar-refractivity contribution in [2.75, 3.05) is 53.7 Å². The van der Waals surface area contributed by atoms with Gasteiger partial charge in [0.2, 0.25) is 5.43 Å². The van der Waals surface area contributed by atoms with E-state index in [2.05, 4.69) is 4.90 Å². The molecule has 32 heavy (non-hydrogen) atoms. The molecule has 8 heteroatoms. The maximum Gasteiger partial charge on any atom is 0.200 e. The number of morpholine rings is 1. The molecule has 0 unspecified atom stereocenters. The van der Waals surface area contributed by atoms with Gasteiger partial charge in [-0.1, -0.05) is 6.07 Å². The SMILES string of the molecule is COc1ccc(-c2c(C)oc3cc(OCCN4CCOCC4)ccc3c2=O)cc1OC.Cl. The van der Waals surface area contributed by atoms with E-state index in [1.165, 1.54) is 0 Å². The minimum Gasteiger partial charge on any atom is -0.493 e. The minimum atomic E-state index is -0.0918.